The molecule has 0 saturated carbocycles. The fourth-order valence-corrected chi connectivity index (χ4v) is 4.09. The van der Waals surface area contributed by atoms with Gasteiger partial charge in [-0.1, -0.05) is 0 Å². The van der Waals surface area contributed by atoms with Crippen molar-refractivity contribution in [1.29, 1.82) is 0 Å². The maximum absolute atomic E-state index is 12.9. The van der Waals surface area contributed by atoms with E-state index < -0.39 is 0 Å². The predicted octanol–water partition coefficient (Wildman–Crippen LogP) is 2.03. The summed E-state index contributed by atoms with van der Waals surface area (Å²) in [7, 11) is 4.82. The topological polar surface area (TPSA) is 90.3 Å². The summed E-state index contributed by atoms with van der Waals surface area (Å²) in [6.07, 6.45) is 2.01. The molecule has 0 aliphatic carbocycles. The van der Waals surface area contributed by atoms with Gasteiger partial charge in [-0.25, -0.2) is 0 Å². The van der Waals surface area contributed by atoms with Gasteiger partial charge in [-0.15, -0.1) is 0 Å². The first-order valence-corrected chi connectivity index (χ1v) is 10.3. The molecule has 0 spiro atoms. The number of amides is 2. The van der Waals surface area contributed by atoms with Gasteiger partial charge < -0.3 is 29.7 Å². The Morgan fingerprint density at radius 1 is 1.00 bits per heavy atom. The number of ether oxygens (including phenoxy) is 3. The molecule has 0 aromatic heterocycles. The average molecular weight is 429 g/mol. The van der Waals surface area contributed by atoms with Gasteiger partial charge in [0.15, 0.2) is 6.54 Å². The van der Waals surface area contributed by atoms with E-state index >= 15 is 0 Å². The summed E-state index contributed by atoms with van der Waals surface area (Å²) in [5.41, 5.74) is 2.20. The Balaban J connectivity index is 1.74. The van der Waals surface area contributed by atoms with Gasteiger partial charge in [0.1, 0.15) is 23.3 Å². The lowest BCUT2D eigenvalue weighted by Crippen LogP contribution is -3.11. The second-order valence-corrected chi connectivity index (χ2v) is 7.53. The highest BCUT2D eigenvalue weighted by atomic mass is 16.5. The summed E-state index contributed by atoms with van der Waals surface area (Å²) in [6.45, 7) is 2.65. The predicted molar refractivity (Wildman–Crippen MR) is 118 cm³/mol. The average Bonchev–Trinajstić information content (AvgIpc) is 3.20. The molecular formula is C23H30N3O5+. The Labute approximate surface area is 182 Å². The molecule has 1 heterocycles. The molecule has 166 valence electrons. The maximum Gasteiger partial charge on any atom is 0.279 e. The van der Waals surface area contributed by atoms with Gasteiger partial charge in [0.05, 0.1) is 39.1 Å². The lowest BCUT2D eigenvalue weighted by molar-refractivity contribution is -0.910. The molecule has 8 heteroatoms. The van der Waals surface area contributed by atoms with Crippen molar-refractivity contribution < 1.29 is 28.7 Å². The molecule has 2 aromatic carbocycles. The van der Waals surface area contributed by atoms with Crippen LogP contribution < -0.4 is 29.7 Å². The van der Waals surface area contributed by atoms with Crippen LogP contribution in [0.1, 0.15) is 31.4 Å². The molecule has 2 aromatic rings. The van der Waals surface area contributed by atoms with Gasteiger partial charge in [0, 0.05) is 31.5 Å². The van der Waals surface area contributed by atoms with E-state index in [1.807, 2.05) is 18.2 Å². The van der Waals surface area contributed by atoms with Crippen molar-refractivity contribution in [3.05, 3.63) is 42.0 Å². The zero-order valence-corrected chi connectivity index (χ0v) is 18.4. The normalized spacial score (nSPS) is 17.7. The molecule has 2 atom stereocenters. The van der Waals surface area contributed by atoms with Gasteiger partial charge in [-0.05, 0) is 30.3 Å². The van der Waals surface area contributed by atoms with E-state index in [0.717, 1.165) is 36.4 Å². The number of benzene rings is 2. The minimum atomic E-state index is -0.180. The van der Waals surface area contributed by atoms with Crippen molar-refractivity contribution in [3.63, 3.8) is 0 Å². The number of carbonyl (C=O) groups excluding carboxylic acids is 2. The minimum absolute atomic E-state index is 0.118. The van der Waals surface area contributed by atoms with Crippen LogP contribution in [-0.2, 0) is 9.59 Å². The third kappa shape index (κ3) is 5.46. The second-order valence-electron chi connectivity index (χ2n) is 7.53. The van der Waals surface area contributed by atoms with Crippen molar-refractivity contribution in [1.82, 2.24) is 0 Å². The maximum atomic E-state index is 12.9. The van der Waals surface area contributed by atoms with Gasteiger partial charge in [-0.3, -0.25) is 9.59 Å². The van der Waals surface area contributed by atoms with Gasteiger partial charge in [0.25, 0.3) is 5.91 Å². The van der Waals surface area contributed by atoms with Crippen molar-refractivity contribution in [2.45, 2.75) is 25.8 Å². The first-order valence-electron chi connectivity index (χ1n) is 10.3. The summed E-state index contributed by atoms with van der Waals surface area (Å²) < 4.78 is 16.2. The number of rotatable bonds is 8. The Morgan fingerprint density at radius 3 is 2.45 bits per heavy atom. The fourth-order valence-electron chi connectivity index (χ4n) is 4.09. The molecule has 1 unspecified atom stereocenters. The van der Waals surface area contributed by atoms with Crippen LogP contribution in [0, 0.1) is 0 Å². The van der Waals surface area contributed by atoms with Crippen LogP contribution in [0.25, 0.3) is 0 Å². The zero-order valence-electron chi connectivity index (χ0n) is 18.4. The Hall–Kier alpha value is -3.26. The summed E-state index contributed by atoms with van der Waals surface area (Å²) in [5, 5.41) is 5.65. The molecule has 0 radical (unpaired) electrons. The first-order chi connectivity index (χ1) is 14.9. The summed E-state index contributed by atoms with van der Waals surface area (Å²) in [4.78, 5) is 25.4. The SMILES string of the molecule is COc1ccc([C@@H]2CCC[NH+]2CC(=O)Nc2cc(NC(C)=O)ccc2OC)c(OC)c1. The molecule has 1 fully saturated rings. The molecule has 3 N–H and O–H groups in total. The van der Waals surface area contributed by atoms with E-state index in [-0.39, 0.29) is 17.9 Å². The summed E-state index contributed by atoms with van der Waals surface area (Å²) in [5.74, 6) is 1.75. The number of nitrogens with one attached hydrogen (secondary N) is 3. The van der Waals surface area contributed by atoms with E-state index in [0.29, 0.717) is 23.7 Å². The van der Waals surface area contributed by atoms with Crippen LogP contribution in [0.2, 0.25) is 0 Å². The Kier molecular flexibility index (Phi) is 7.36. The molecule has 8 nitrogen and oxygen atoms in total. The summed E-state index contributed by atoms with van der Waals surface area (Å²) in [6, 6.07) is 11.1. The van der Waals surface area contributed by atoms with Crippen LogP contribution in [0.5, 0.6) is 17.2 Å². The number of methoxy groups -OCH3 is 3. The van der Waals surface area contributed by atoms with Gasteiger partial charge >= 0.3 is 0 Å². The molecule has 1 aliphatic rings. The standard InChI is InChI=1S/C23H29N3O5/c1-15(27)24-16-7-10-21(30-3)19(12-16)25-23(28)14-26-11-5-6-20(26)18-9-8-17(29-2)13-22(18)31-4/h7-10,12-13,20H,5-6,11,14H2,1-4H3,(H,24,27)(H,25,28)/p+1/t20-/m0/s1. The van der Waals surface area contributed by atoms with Crippen LogP contribution >= 0.6 is 0 Å². The second kappa shape index (κ2) is 10.2. The monoisotopic (exact) mass is 428 g/mol. The number of hydrogen-bond acceptors (Lipinski definition) is 5. The van der Waals surface area contributed by atoms with Crippen molar-refractivity contribution in [3.8, 4) is 17.2 Å². The Bertz CT molecular complexity index is 947. The van der Waals surface area contributed by atoms with E-state index in [1.165, 1.54) is 11.8 Å². The van der Waals surface area contributed by atoms with E-state index in [9.17, 15) is 9.59 Å². The highest BCUT2D eigenvalue weighted by Gasteiger charge is 2.34. The van der Waals surface area contributed by atoms with Crippen LogP contribution in [0.4, 0.5) is 11.4 Å². The third-order valence-corrected chi connectivity index (χ3v) is 5.48. The smallest absolute Gasteiger partial charge is 0.279 e. The van der Waals surface area contributed by atoms with E-state index in [2.05, 4.69) is 10.6 Å². The third-order valence-electron chi connectivity index (χ3n) is 5.48. The fraction of sp³-hybridized carbons (Fsp3) is 0.391. The molecule has 1 aliphatic heterocycles. The van der Waals surface area contributed by atoms with Crippen LogP contribution in [0.15, 0.2) is 36.4 Å². The quantitative estimate of drug-likeness (QED) is 0.599. The number of hydrogen-bond donors (Lipinski definition) is 3. The highest BCUT2D eigenvalue weighted by Crippen LogP contribution is 2.32. The highest BCUT2D eigenvalue weighted by molar-refractivity contribution is 5.95. The molecule has 1 saturated heterocycles. The zero-order chi connectivity index (χ0) is 22.4. The van der Waals surface area contributed by atoms with Crippen molar-refractivity contribution in [2.75, 3.05) is 45.1 Å². The number of likely N-dealkylation sites (tertiary alicyclic amines) is 1. The van der Waals surface area contributed by atoms with Crippen LogP contribution in [0.3, 0.4) is 0 Å². The van der Waals surface area contributed by atoms with Gasteiger partial charge in [-0.2, -0.15) is 0 Å². The minimum Gasteiger partial charge on any atom is -0.497 e. The number of carbonyl (C=O) groups is 2. The van der Waals surface area contributed by atoms with Crippen molar-refractivity contribution >= 4 is 23.2 Å². The van der Waals surface area contributed by atoms with E-state index in [1.54, 1.807) is 39.5 Å². The first kappa shape index (κ1) is 22.4. The molecule has 2 amide bonds. The number of quaternary nitrogens is 1. The lowest BCUT2D eigenvalue weighted by atomic mass is 10.0. The molecule has 3 rings (SSSR count). The Morgan fingerprint density at radius 2 is 1.77 bits per heavy atom. The number of anilines is 2. The van der Waals surface area contributed by atoms with Crippen LogP contribution in [-0.4, -0.2) is 46.2 Å². The summed E-state index contributed by atoms with van der Waals surface area (Å²) >= 11 is 0. The lowest BCUT2D eigenvalue weighted by Gasteiger charge is -2.23. The molecular weight excluding hydrogens is 398 g/mol. The molecule has 0 bridgehead atoms. The van der Waals surface area contributed by atoms with E-state index in [4.69, 9.17) is 14.2 Å². The largest absolute Gasteiger partial charge is 0.497 e. The van der Waals surface area contributed by atoms with Gasteiger partial charge in [0.2, 0.25) is 5.91 Å². The van der Waals surface area contributed by atoms with Crippen molar-refractivity contribution in [2.24, 2.45) is 0 Å². The molecule has 31 heavy (non-hydrogen) atoms.